The molecule has 20 heavy (non-hydrogen) atoms. The minimum Gasteiger partial charge on any atom is -0.349 e. The monoisotopic (exact) mass is 304 g/mol. The van der Waals surface area contributed by atoms with Crippen LogP contribution in [0.4, 0.5) is 0 Å². The van der Waals surface area contributed by atoms with E-state index < -0.39 is 0 Å². The molecule has 0 aliphatic carbocycles. The number of nitrogens with one attached hydrogen (secondary N) is 1. The van der Waals surface area contributed by atoms with E-state index >= 15 is 0 Å². The highest BCUT2D eigenvalue weighted by Gasteiger charge is 2.26. The molecule has 0 unspecified atom stereocenters. The van der Waals surface area contributed by atoms with Gasteiger partial charge >= 0.3 is 0 Å². The van der Waals surface area contributed by atoms with Gasteiger partial charge in [0.1, 0.15) is 16.2 Å². The number of hydrogen-bond donors (Lipinski definition) is 1. The molecule has 3 aromatic heterocycles. The molecule has 0 saturated carbocycles. The van der Waals surface area contributed by atoms with Crippen LogP contribution in [-0.2, 0) is 6.54 Å². The van der Waals surface area contributed by atoms with Crippen molar-refractivity contribution in [2.75, 3.05) is 6.54 Å². The van der Waals surface area contributed by atoms with Crippen LogP contribution in [0.1, 0.15) is 10.5 Å². The van der Waals surface area contributed by atoms with Gasteiger partial charge in [0.15, 0.2) is 0 Å². The molecule has 4 heterocycles. The van der Waals surface area contributed by atoms with Gasteiger partial charge in [0.25, 0.3) is 5.91 Å². The van der Waals surface area contributed by atoms with Crippen LogP contribution in [0.5, 0.6) is 0 Å². The lowest BCUT2D eigenvalue weighted by Gasteiger charge is -2.13. The Labute approximate surface area is 123 Å². The number of carbonyl (C=O) groups excluding carboxylic acids is 1. The van der Waals surface area contributed by atoms with E-state index in [0.717, 1.165) is 15.8 Å². The van der Waals surface area contributed by atoms with Gasteiger partial charge in [-0.2, -0.15) is 5.10 Å². The molecule has 1 aliphatic heterocycles. The molecule has 0 fully saturated rings. The quantitative estimate of drug-likeness (QED) is 0.751. The molecule has 0 aromatic carbocycles. The number of rotatable bonds is 1. The predicted octanol–water partition coefficient (Wildman–Crippen LogP) is 2.56. The van der Waals surface area contributed by atoms with Gasteiger partial charge in [-0.05, 0) is 17.5 Å². The Bertz CT molecular complexity index is 838. The maximum Gasteiger partial charge on any atom is 0.271 e. The van der Waals surface area contributed by atoms with E-state index in [1.165, 1.54) is 0 Å². The number of aromatic nitrogens is 3. The van der Waals surface area contributed by atoms with Gasteiger partial charge in [-0.3, -0.25) is 9.48 Å². The summed E-state index contributed by atoms with van der Waals surface area (Å²) in [6, 6.07) is 3.88. The van der Waals surface area contributed by atoms with Crippen LogP contribution in [0.3, 0.4) is 0 Å². The van der Waals surface area contributed by atoms with Gasteiger partial charge in [-0.15, -0.1) is 11.3 Å². The standard InChI is InChI=1S/C13H9ClN4OS/c14-9-10(17-18-5-4-15-12(19)11(9)18)7-1-3-16-13-8(7)2-6-20-13/h1-3,6H,4-5H2,(H,15,19). The van der Waals surface area contributed by atoms with E-state index in [1.54, 1.807) is 22.2 Å². The summed E-state index contributed by atoms with van der Waals surface area (Å²) in [6.07, 6.45) is 1.74. The van der Waals surface area contributed by atoms with Crippen LogP contribution < -0.4 is 5.32 Å². The highest BCUT2D eigenvalue weighted by atomic mass is 35.5. The molecule has 5 nitrogen and oxygen atoms in total. The SMILES string of the molecule is O=C1NCCn2nc(-c3ccnc4sccc34)c(Cl)c21. The smallest absolute Gasteiger partial charge is 0.271 e. The number of hydrogen-bond acceptors (Lipinski definition) is 4. The normalized spacial score (nSPS) is 14.3. The summed E-state index contributed by atoms with van der Waals surface area (Å²) in [7, 11) is 0. The molecule has 3 aromatic rings. The van der Waals surface area contributed by atoms with Crippen LogP contribution in [0.25, 0.3) is 21.5 Å². The van der Waals surface area contributed by atoms with Crippen LogP contribution in [0.15, 0.2) is 23.7 Å². The fraction of sp³-hybridized carbons (Fsp3) is 0.154. The van der Waals surface area contributed by atoms with Crippen molar-refractivity contribution in [1.82, 2.24) is 20.1 Å². The number of nitrogens with zero attached hydrogens (tertiary/aromatic N) is 3. The van der Waals surface area contributed by atoms with E-state index in [9.17, 15) is 4.79 Å². The molecule has 1 N–H and O–H groups in total. The van der Waals surface area contributed by atoms with Gasteiger partial charge in [-0.25, -0.2) is 4.98 Å². The van der Waals surface area contributed by atoms with Crippen molar-refractivity contribution in [2.24, 2.45) is 0 Å². The summed E-state index contributed by atoms with van der Waals surface area (Å²) in [6.45, 7) is 1.21. The molecule has 1 amide bonds. The molecule has 4 rings (SSSR count). The third kappa shape index (κ3) is 1.58. The minimum atomic E-state index is -0.171. The molecule has 7 heteroatoms. The molecule has 0 radical (unpaired) electrons. The first-order valence-electron chi connectivity index (χ1n) is 6.13. The summed E-state index contributed by atoms with van der Waals surface area (Å²) in [5.74, 6) is -0.171. The summed E-state index contributed by atoms with van der Waals surface area (Å²) >= 11 is 7.95. The van der Waals surface area contributed by atoms with Crippen molar-refractivity contribution in [2.45, 2.75) is 6.54 Å². The topological polar surface area (TPSA) is 59.8 Å². The van der Waals surface area contributed by atoms with E-state index in [-0.39, 0.29) is 5.91 Å². The van der Waals surface area contributed by atoms with E-state index in [4.69, 9.17) is 11.6 Å². The van der Waals surface area contributed by atoms with Crippen molar-refractivity contribution in [3.8, 4) is 11.3 Å². The van der Waals surface area contributed by atoms with Gasteiger partial charge in [0.2, 0.25) is 0 Å². The Morgan fingerprint density at radius 3 is 3.15 bits per heavy atom. The zero-order valence-corrected chi connectivity index (χ0v) is 11.8. The maximum atomic E-state index is 11.9. The second kappa shape index (κ2) is 4.29. The minimum absolute atomic E-state index is 0.171. The van der Waals surface area contributed by atoms with Crippen LogP contribution >= 0.6 is 22.9 Å². The second-order valence-electron chi connectivity index (χ2n) is 4.49. The van der Waals surface area contributed by atoms with E-state index in [2.05, 4.69) is 15.4 Å². The molecule has 100 valence electrons. The highest BCUT2D eigenvalue weighted by molar-refractivity contribution is 7.16. The zero-order chi connectivity index (χ0) is 13.7. The van der Waals surface area contributed by atoms with Crippen molar-refractivity contribution in [3.05, 3.63) is 34.4 Å². The lowest BCUT2D eigenvalue weighted by atomic mass is 10.1. The van der Waals surface area contributed by atoms with Gasteiger partial charge in [0, 0.05) is 23.7 Å². The molecule has 0 saturated heterocycles. The summed E-state index contributed by atoms with van der Waals surface area (Å²) in [5.41, 5.74) is 1.99. The first-order valence-corrected chi connectivity index (χ1v) is 7.38. The molecule has 0 atom stereocenters. The Hall–Kier alpha value is -1.92. The van der Waals surface area contributed by atoms with Crippen molar-refractivity contribution in [3.63, 3.8) is 0 Å². The number of carbonyl (C=O) groups is 1. The van der Waals surface area contributed by atoms with Gasteiger partial charge in [-0.1, -0.05) is 11.6 Å². The average molecular weight is 305 g/mol. The van der Waals surface area contributed by atoms with Crippen LogP contribution in [0.2, 0.25) is 5.02 Å². The molecule has 0 spiro atoms. The third-order valence-electron chi connectivity index (χ3n) is 3.34. The van der Waals surface area contributed by atoms with Crippen molar-refractivity contribution in [1.29, 1.82) is 0 Å². The molecular formula is C13H9ClN4OS. The fourth-order valence-corrected chi connectivity index (χ4v) is 3.51. The Morgan fingerprint density at radius 1 is 1.40 bits per heavy atom. The lowest BCUT2D eigenvalue weighted by Crippen LogP contribution is -2.35. The molecule has 0 bridgehead atoms. The fourth-order valence-electron chi connectivity index (χ4n) is 2.43. The largest absolute Gasteiger partial charge is 0.349 e. The first-order chi connectivity index (χ1) is 9.75. The Kier molecular flexibility index (Phi) is 2.55. The van der Waals surface area contributed by atoms with E-state index in [1.807, 2.05) is 17.5 Å². The number of amides is 1. The number of thiophene rings is 1. The summed E-state index contributed by atoms with van der Waals surface area (Å²) < 4.78 is 1.68. The number of fused-ring (bicyclic) bond motifs is 2. The second-order valence-corrected chi connectivity index (χ2v) is 5.76. The van der Waals surface area contributed by atoms with Crippen molar-refractivity contribution >= 4 is 39.1 Å². The average Bonchev–Trinajstić information content (AvgIpc) is 3.04. The van der Waals surface area contributed by atoms with Gasteiger partial charge in [0.05, 0.1) is 11.6 Å². The molecule has 1 aliphatic rings. The number of halogens is 1. The van der Waals surface area contributed by atoms with Crippen molar-refractivity contribution < 1.29 is 4.79 Å². The summed E-state index contributed by atoms with van der Waals surface area (Å²) in [4.78, 5) is 17.2. The highest BCUT2D eigenvalue weighted by Crippen LogP contribution is 2.35. The van der Waals surface area contributed by atoms with Crippen LogP contribution in [-0.4, -0.2) is 27.2 Å². The Morgan fingerprint density at radius 2 is 2.30 bits per heavy atom. The zero-order valence-electron chi connectivity index (χ0n) is 10.3. The number of pyridine rings is 1. The van der Waals surface area contributed by atoms with Gasteiger partial charge < -0.3 is 5.32 Å². The molecular weight excluding hydrogens is 296 g/mol. The Balaban J connectivity index is 2.00. The van der Waals surface area contributed by atoms with E-state index in [0.29, 0.717) is 29.5 Å². The lowest BCUT2D eigenvalue weighted by molar-refractivity contribution is 0.0924. The van der Waals surface area contributed by atoms with Crippen LogP contribution in [0, 0.1) is 0 Å². The first kappa shape index (κ1) is 11.9. The maximum absolute atomic E-state index is 11.9. The summed E-state index contributed by atoms with van der Waals surface area (Å²) in [5, 5.41) is 10.7. The predicted molar refractivity (Wildman–Crippen MR) is 78.2 cm³/mol. The third-order valence-corrected chi connectivity index (χ3v) is 4.52.